The average Bonchev–Trinajstić information content (AvgIpc) is 2.43. The van der Waals surface area contributed by atoms with E-state index in [1.54, 1.807) is 6.07 Å². The van der Waals surface area contributed by atoms with Crippen LogP contribution >= 0.6 is 0 Å². The number of carbonyl (C=O) groups excluding carboxylic acids is 1. The zero-order valence-electron chi connectivity index (χ0n) is 12.5. The van der Waals surface area contributed by atoms with Gasteiger partial charge in [0.25, 0.3) is 0 Å². The SMILES string of the molecule is CCCCC(NCCc1ccc(F)cc1C)C(=O)OC. The maximum atomic E-state index is 13.0. The van der Waals surface area contributed by atoms with Gasteiger partial charge in [0.1, 0.15) is 11.9 Å². The lowest BCUT2D eigenvalue weighted by atomic mass is 10.0. The van der Waals surface area contributed by atoms with Crippen LogP contribution in [0.4, 0.5) is 4.39 Å². The smallest absolute Gasteiger partial charge is 0.322 e. The minimum atomic E-state index is -0.249. The van der Waals surface area contributed by atoms with Crippen LogP contribution in [0.1, 0.15) is 37.3 Å². The van der Waals surface area contributed by atoms with Crippen molar-refractivity contribution in [3.8, 4) is 0 Å². The molecule has 0 heterocycles. The molecule has 3 nitrogen and oxygen atoms in total. The number of nitrogens with one attached hydrogen (secondary N) is 1. The number of esters is 1. The zero-order valence-corrected chi connectivity index (χ0v) is 12.5. The van der Waals surface area contributed by atoms with E-state index in [1.165, 1.54) is 19.2 Å². The summed E-state index contributed by atoms with van der Waals surface area (Å²) in [5, 5.41) is 3.23. The third kappa shape index (κ3) is 5.29. The maximum Gasteiger partial charge on any atom is 0.322 e. The minimum Gasteiger partial charge on any atom is -0.468 e. The van der Waals surface area contributed by atoms with E-state index in [2.05, 4.69) is 12.2 Å². The number of hydrogen-bond donors (Lipinski definition) is 1. The number of rotatable bonds is 8. The van der Waals surface area contributed by atoms with Crippen molar-refractivity contribution in [2.75, 3.05) is 13.7 Å². The second-order valence-electron chi connectivity index (χ2n) is 4.99. The minimum absolute atomic E-state index is 0.213. The molecule has 0 amide bonds. The number of benzene rings is 1. The van der Waals surface area contributed by atoms with Gasteiger partial charge in [-0.2, -0.15) is 0 Å². The van der Waals surface area contributed by atoms with Crippen molar-refractivity contribution in [3.05, 3.63) is 35.1 Å². The second-order valence-corrected chi connectivity index (χ2v) is 4.99. The molecule has 0 aliphatic rings. The lowest BCUT2D eigenvalue weighted by Gasteiger charge is -2.16. The molecule has 1 atom stereocenters. The van der Waals surface area contributed by atoms with E-state index < -0.39 is 0 Å². The molecular formula is C16H24FNO2. The monoisotopic (exact) mass is 281 g/mol. The fourth-order valence-corrected chi connectivity index (χ4v) is 2.17. The van der Waals surface area contributed by atoms with E-state index in [0.717, 1.165) is 36.8 Å². The van der Waals surface area contributed by atoms with Crippen molar-refractivity contribution in [3.63, 3.8) is 0 Å². The molecule has 0 fully saturated rings. The van der Waals surface area contributed by atoms with E-state index in [-0.39, 0.29) is 17.8 Å². The Morgan fingerprint density at radius 2 is 2.20 bits per heavy atom. The van der Waals surface area contributed by atoms with Gasteiger partial charge < -0.3 is 10.1 Å². The van der Waals surface area contributed by atoms with E-state index in [1.807, 2.05) is 6.92 Å². The highest BCUT2D eigenvalue weighted by atomic mass is 19.1. The number of unbranched alkanes of at least 4 members (excludes halogenated alkanes) is 1. The molecule has 4 heteroatoms. The van der Waals surface area contributed by atoms with Crippen molar-refractivity contribution < 1.29 is 13.9 Å². The lowest BCUT2D eigenvalue weighted by Crippen LogP contribution is -2.38. The summed E-state index contributed by atoms with van der Waals surface area (Å²) in [4.78, 5) is 11.6. The van der Waals surface area contributed by atoms with Crippen LogP contribution in [-0.4, -0.2) is 25.7 Å². The van der Waals surface area contributed by atoms with Crippen molar-refractivity contribution >= 4 is 5.97 Å². The highest BCUT2D eigenvalue weighted by Gasteiger charge is 2.17. The van der Waals surface area contributed by atoms with Gasteiger partial charge in [0.15, 0.2) is 0 Å². The summed E-state index contributed by atoms with van der Waals surface area (Å²) in [5.74, 6) is -0.427. The van der Waals surface area contributed by atoms with Crippen LogP contribution in [-0.2, 0) is 16.0 Å². The average molecular weight is 281 g/mol. The molecule has 1 aromatic rings. The van der Waals surface area contributed by atoms with Crippen molar-refractivity contribution in [2.45, 2.75) is 45.6 Å². The highest BCUT2D eigenvalue weighted by Crippen LogP contribution is 2.11. The predicted octanol–water partition coefficient (Wildman–Crippen LogP) is 3.00. The maximum absolute atomic E-state index is 13.0. The Balaban J connectivity index is 2.48. The van der Waals surface area contributed by atoms with E-state index in [4.69, 9.17) is 4.74 Å². The van der Waals surface area contributed by atoms with Gasteiger partial charge in [0.05, 0.1) is 7.11 Å². The zero-order chi connectivity index (χ0) is 15.0. The molecule has 1 N–H and O–H groups in total. The Hall–Kier alpha value is -1.42. The Bertz CT molecular complexity index is 434. The second kappa shape index (κ2) is 8.69. The highest BCUT2D eigenvalue weighted by molar-refractivity contribution is 5.75. The van der Waals surface area contributed by atoms with E-state index in [9.17, 15) is 9.18 Å². The standard InChI is InChI=1S/C16H24FNO2/c1-4-5-6-15(16(19)20-3)18-10-9-13-7-8-14(17)11-12(13)2/h7-8,11,15,18H,4-6,9-10H2,1-3H3. The molecule has 0 aliphatic heterocycles. The Labute approximate surface area is 120 Å². The van der Waals surface area contributed by atoms with Crippen LogP contribution in [0, 0.1) is 12.7 Å². The largest absolute Gasteiger partial charge is 0.468 e. The fourth-order valence-electron chi connectivity index (χ4n) is 2.17. The van der Waals surface area contributed by atoms with Gasteiger partial charge in [-0.15, -0.1) is 0 Å². The third-order valence-corrected chi connectivity index (χ3v) is 3.42. The molecule has 0 saturated carbocycles. The normalized spacial score (nSPS) is 12.2. The molecule has 0 radical (unpaired) electrons. The molecule has 1 unspecified atom stereocenters. The predicted molar refractivity (Wildman–Crippen MR) is 78.2 cm³/mol. The summed E-state index contributed by atoms with van der Waals surface area (Å²) < 4.78 is 17.8. The van der Waals surface area contributed by atoms with Gasteiger partial charge >= 0.3 is 5.97 Å². The van der Waals surface area contributed by atoms with E-state index in [0.29, 0.717) is 6.54 Å². The number of carbonyl (C=O) groups is 1. The van der Waals surface area contributed by atoms with Crippen LogP contribution in [0.2, 0.25) is 0 Å². The first-order valence-corrected chi connectivity index (χ1v) is 7.14. The van der Waals surface area contributed by atoms with Crippen molar-refractivity contribution in [1.29, 1.82) is 0 Å². The molecule has 112 valence electrons. The van der Waals surface area contributed by atoms with Gasteiger partial charge in [-0.3, -0.25) is 4.79 Å². The van der Waals surface area contributed by atoms with Gasteiger partial charge in [-0.25, -0.2) is 4.39 Å². The first-order chi connectivity index (χ1) is 9.58. The summed E-state index contributed by atoms with van der Waals surface area (Å²) in [7, 11) is 1.41. The molecular weight excluding hydrogens is 257 g/mol. The van der Waals surface area contributed by atoms with Gasteiger partial charge in [-0.05, 0) is 49.6 Å². The third-order valence-electron chi connectivity index (χ3n) is 3.42. The molecule has 0 spiro atoms. The lowest BCUT2D eigenvalue weighted by molar-refractivity contribution is -0.143. The van der Waals surface area contributed by atoms with E-state index >= 15 is 0 Å². The molecule has 0 aromatic heterocycles. The first-order valence-electron chi connectivity index (χ1n) is 7.14. The van der Waals surface area contributed by atoms with Gasteiger partial charge in [0.2, 0.25) is 0 Å². The van der Waals surface area contributed by atoms with Crippen molar-refractivity contribution in [1.82, 2.24) is 5.32 Å². The summed E-state index contributed by atoms with van der Waals surface area (Å²) in [5.41, 5.74) is 2.04. The van der Waals surface area contributed by atoms with Crippen LogP contribution in [0.25, 0.3) is 0 Å². The van der Waals surface area contributed by atoms with Crippen LogP contribution in [0.3, 0.4) is 0 Å². The molecule has 0 bridgehead atoms. The number of halogens is 1. The quantitative estimate of drug-likeness (QED) is 0.744. The van der Waals surface area contributed by atoms with Crippen LogP contribution in [0.15, 0.2) is 18.2 Å². The Kier molecular flexibility index (Phi) is 7.23. The summed E-state index contributed by atoms with van der Waals surface area (Å²) in [6.45, 7) is 4.67. The topological polar surface area (TPSA) is 38.3 Å². The molecule has 0 aliphatic carbocycles. The molecule has 1 rings (SSSR count). The number of aryl methyl sites for hydroxylation is 1. The summed E-state index contributed by atoms with van der Waals surface area (Å²) in [6, 6.07) is 4.55. The van der Waals surface area contributed by atoms with Gasteiger partial charge in [0, 0.05) is 0 Å². The first kappa shape index (κ1) is 16.6. The van der Waals surface area contributed by atoms with Crippen LogP contribution in [0.5, 0.6) is 0 Å². The molecule has 20 heavy (non-hydrogen) atoms. The Morgan fingerprint density at radius 3 is 2.80 bits per heavy atom. The molecule has 0 saturated heterocycles. The van der Waals surface area contributed by atoms with Crippen molar-refractivity contribution in [2.24, 2.45) is 0 Å². The van der Waals surface area contributed by atoms with Crippen LogP contribution < -0.4 is 5.32 Å². The summed E-state index contributed by atoms with van der Waals surface area (Å²) in [6.07, 6.45) is 3.59. The van der Waals surface area contributed by atoms with Gasteiger partial charge in [-0.1, -0.05) is 25.8 Å². The number of hydrogen-bond acceptors (Lipinski definition) is 3. The number of methoxy groups -OCH3 is 1. The summed E-state index contributed by atoms with van der Waals surface area (Å²) >= 11 is 0. The Morgan fingerprint density at radius 1 is 1.45 bits per heavy atom. The molecule has 1 aromatic carbocycles. The fraction of sp³-hybridized carbons (Fsp3) is 0.562. The number of ether oxygens (including phenoxy) is 1.